The van der Waals surface area contributed by atoms with Crippen molar-refractivity contribution in [3.05, 3.63) is 71.0 Å². The Hall–Kier alpha value is -3.19. The highest BCUT2D eigenvalue weighted by Crippen LogP contribution is 2.39. The van der Waals surface area contributed by atoms with Crippen molar-refractivity contribution in [2.75, 3.05) is 26.9 Å². The summed E-state index contributed by atoms with van der Waals surface area (Å²) in [5.74, 6) is -1.57. The number of likely N-dealkylation sites (tertiary alicyclic amines) is 1. The highest BCUT2D eigenvalue weighted by Gasteiger charge is 2.45. The number of aliphatic hydroxyl groups excluding tert-OH is 1. The van der Waals surface area contributed by atoms with E-state index in [1.807, 2.05) is 0 Å². The molecular weight excluding hydrogens is 413 g/mol. The number of hydrogen-bond acceptors (Lipinski definition) is 5. The third kappa shape index (κ3) is 5.16. The lowest BCUT2D eigenvalue weighted by molar-refractivity contribution is -0.140. The lowest BCUT2D eigenvalue weighted by Gasteiger charge is -2.25. The summed E-state index contributed by atoms with van der Waals surface area (Å²) in [7, 11) is 1.50. The Labute approximate surface area is 187 Å². The van der Waals surface area contributed by atoms with E-state index >= 15 is 0 Å². The van der Waals surface area contributed by atoms with Crippen LogP contribution in [0.5, 0.6) is 5.75 Å². The summed E-state index contributed by atoms with van der Waals surface area (Å²) < 4.78 is 24.2. The summed E-state index contributed by atoms with van der Waals surface area (Å²) in [5, 5.41) is 11.0. The van der Waals surface area contributed by atoms with Gasteiger partial charge in [0.15, 0.2) is 0 Å². The maximum Gasteiger partial charge on any atom is 0.295 e. The van der Waals surface area contributed by atoms with Crippen molar-refractivity contribution in [2.45, 2.75) is 32.2 Å². The van der Waals surface area contributed by atoms with Gasteiger partial charge in [-0.15, -0.1) is 0 Å². The topological polar surface area (TPSA) is 76.1 Å². The molecule has 170 valence electrons. The molecule has 1 aliphatic heterocycles. The Kier molecular flexibility index (Phi) is 8.00. The van der Waals surface area contributed by atoms with Crippen LogP contribution >= 0.6 is 0 Å². The smallest absolute Gasteiger partial charge is 0.295 e. The van der Waals surface area contributed by atoms with Crippen molar-refractivity contribution in [1.29, 1.82) is 0 Å². The molecule has 1 unspecified atom stereocenters. The monoisotopic (exact) mass is 441 g/mol. The lowest BCUT2D eigenvalue weighted by atomic mass is 9.95. The lowest BCUT2D eigenvalue weighted by Crippen LogP contribution is -2.32. The van der Waals surface area contributed by atoms with Crippen molar-refractivity contribution >= 4 is 17.4 Å². The molecule has 0 saturated carbocycles. The largest absolute Gasteiger partial charge is 0.507 e. The second-order valence-corrected chi connectivity index (χ2v) is 7.62. The molecule has 1 saturated heterocycles. The molecule has 1 fully saturated rings. The van der Waals surface area contributed by atoms with E-state index in [1.54, 1.807) is 24.3 Å². The van der Waals surface area contributed by atoms with Crippen molar-refractivity contribution in [1.82, 2.24) is 4.90 Å². The first kappa shape index (κ1) is 23.5. The van der Waals surface area contributed by atoms with Crippen LogP contribution in [0.4, 0.5) is 4.39 Å². The van der Waals surface area contributed by atoms with Gasteiger partial charge >= 0.3 is 0 Å². The number of benzene rings is 2. The molecule has 1 amide bonds. The van der Waals surface area contributed by atoms with Gasteiger partial charge < -0.3 is 19.5 Å². The van der Waals surface area contributed by atoms with Gasteiger partial charge in [-0.3, -0.25) is 9.59 Å². The zero-order valence-electron chi connectivity index (χ0n) is 18.3. The fraction of sp³-hybridized carbons (Fsp3) is 0.360. The van der Waals surface area contributed by atoms with Gasteiger partial charge in [0.1, 0.15) is 17.3 Å². The number of ketones is 1. The molecule has 0 bridgehead atoms. The Morgan fingerprint density at radius 2 is 1.72 bits per heavy atom. The van der Waals surface area contributed by atoms with E-state index in [1.165, 1.54) is 36.3 Å². The normalized spacial score (nSPS) is 17.7. The number of methoxy groups -OCH3 is 1. The first-order valence-electron chi connectivity index (χ1n) is 10.7. The van der Waals surface area contributed by atoms with Gasteiger partial charge in [0, 0.05) is 19.2 Å². The summed E-state index contributed by atoms with van der Waals surface area (Å²) >= 11 is 0. The summed E-state index contributed by atoms with van der Waals surface area (Å²) in [5.41, 5.74) is 0.885. The van der Waals surface area contributed by atoms with Crippen LogP contribution in [-0.2, 0) is 14.3 Å². The van der Waals surface area contributed by atoms with Gasteiger partial charge in [-0.1, -0.05) is 31.9 Å². The fourth-order valence-electron chi connectivity index (χ4n) is 3.70. The molecule has 0 aliphatic carbocycles. The summed E-state index contributed by atoms with van der Waals surface area (Å²) in [4.78, 5) is 26.9. The maximum absolute atomic E-state index is 13.5. The maximum atomic E-state index is 13.5. The van der Waals surface area contributed by atoms with Gasteiger partial charge in [0.2, 0.25) is 0 Å². The number of amides is 1. The molecule has 0 radical (unpaired) electrons. The Balaban J connectivity index is 1.94. The second kappa shape index (κ2) is 10.9. The van der Waals surface area contributed by atoms with Gasteiger partial charge in [-0.25, -0.2) is 4.39 Å². The number of carbonyl (C=O) groups excluding carboxylic acids is 2. The Morgan fingerprint density at radius 1 is 1.03 bits per heavy atom. The van der Waals surface area contributed by atoms with Crippen LogP contribution in [0.3, 0.4) is 0 Å². The van der Waals surface area contributed by atoms with E-state index in [2.05, 4.69) is 6.92 Å². The van der Waals surface area contributed by atoms with Crippen LogP contribution in [0.2, 0.25) is 0 Å². The molecule has 1 atom stereocenters. The molecule has 1 aliphatic rings. The zero-order valence-corrected chi connectivity index (χ0v) is 18.3. The summed E-state index contributed by atoms with van der Waals surface area (Å²) in [6.45, 7) is 3.10. The summed E-state index contributed by atoms with van der Waals surface area (Å²) in [6.07, 6.45) is 3.15. The highest BCUT2D eigenvalue weighted by atomic mass is 19.1. The minimum Gasteiger partial charge on any atom is -0.507 e. The summed E-state index contributed by atoms with van der Waals surface area (Å²) in [6, 6.07) is 11.4. The number of unbranched alkanes of at least 4 members (excludes halogenated alkanes) is 2. The highest BCUT2D eigenvalue weighted by molar-refractivity contribution is 6.46. The predicted molar refractivity (Wildman–Crippen MR) is 119 cm³/mol. The zero-order chi connectivity index (χ0) is 23.1. The van der Waals surface area contributed by atoms with Gasteiger partial charge in [-0.2, -0.15) is 0 Å². The van der Waals surface area contributed by atoms with Gasteiger partial charge in [0.05, 0.1) is 24.8 Å². The number of nitrogens with zero attached hydrogens (tertiary/aromatic N) is 1. The van der Waals surface area contributed by atoms with Crippen LogP contribution in [-0.4, -0.2) is 48.6 Å². The predicted octanol–water partition coefficient (Wildman–Crippen LogP) is 4.46. The number of ether oxygens (including phenoxy) is 2. The second-order valence-electron chi connectivity index (χ2n) is 7.62. The molecular formula is C25H28FNO5. The average molecular weight is 441 g/mol. The average Bonchev–Trinajstić information content (AvgIpc) is 3.05. The van der Waals surface area contributed by atoms with Crippen molar-refractivity contribution < 1.29 is 28.6 Å². The van der Waals surface area contributed by atoms with Crippen LogP contribution in [0.15, 0.2) is 54.1 Å². The minimum atomic E-state index is -0.837. The molecule has 0 spiro atoms. The Morgan fingerprint density at radius 3 is 2.34 bits per heavy atom. The number of rotatable bonds is 10. The molecule has 2 aromatic carbocycles. The number of Topliss-reactive ketones (excluding diaryl/α,β-unsaturated/α-hetero) is 1. The van der Waals surface area contributed by atoms with Crippen molar-refractivity contribution in [2.24, 2.45) is 0 Å². The Bertz CT molecular complexity index is 969. The third-order valence-corrected chi connectivity index (χ3v) is 5.41. The number of hydrogen-bond donors (Lipinski definition) is 1. The minimum absolute atomic E-state index is 0.0330. The van der Waals surface area contributed by atoms with E-state index in [0.717, 1.165) is 19.3 Å². The first-order valence-corrected chi connectivity index (χ1v) is 10.7. The molecule has 6 nitrogen and oxygen atoms in total. The quantitative estimate of drug-likeness (QED) is 0.255. The molecule has 0 aromatic heterocycles. The molecule has 3 rings (SSSR count). The number of carbonyl (C=O) groups is 2. The van der Waals surface area contributed by atoms with Crippen LogP contribution in [0.25, 0.3) is 5.76 Å². The third-order valence-electron chi connectivity index (χ3n) is 5.41. The van der Waals surface area contributed by atoms with E-state index in [4.69, 9.17) is 9.47 Å². The SMILES string of the molecule is CCCCCOc1ccc(/C(O)=C2/C(=O)C(=O)N(CCOC)C2c2ccc(F)cc2)cc1. The van der Waals surface area contributed by atoms with E-state index in [0.29, 0.717) is 23.5 Å². The molecule has 1 heterocycles. The molecule has 1 N–H and O–H groups in total. The van der Waals surface area contributed by atoms with E-state index in [9.17, 15) is 19.1 Å². The van der Waals surface area contributed by atoms with Gasteiger partial charge in [0.25, 0.3) is 11.7 Å². The van der Waals surface area contributed by atoms with Gasteiger partial charge in [-0.05, 0) is 48.4 Å². The number of halogens is 1. The van der Waals surface area contributed by atoms with Crippen LogP contribution in [0.1, 0.15) is 43.4 Å². The standard InChI is InChI=1S/C25H28FNO5/c1-3-4-5-15-32-20-12-8-18(9-13-20)23(28)21-22(17-6-10-19(26)11-7-17)27(14-16-31-2)25(30)24(21)29/h6-13,22,28H,3-5,14-16H2,1-2H3/b23-21-. The van der Waals surface area contributed by atoms with Crippen LogP contribution in [0, 0.1) is 5.82 Å². The molecule has 32 heavy (non-hydrogen) atoms. The van der Waals surface area contributed by atoms with E-state index in [-0.39, 0.29) is 24.5 Å². The van der Waals surface area contributed by atoms with Crippen LogP contribution < -0.4 is 4.74 Å². The molecule has 2 aromatic rings. The molecule has 7 heteroatoms. The van der Waals surface area contributed by atoms with E-state index < -0.39 is 23.5 Å². The number of aliphatic hydroxyl groups is 1. The van der Waals surface area contributed by atoms with Crippen molar-refractivity contribution in [3.8, 4) is 5.75 Å². The fourth-order valence-corrected chi connectivity index (χ4v) is 3.70. The van der Waals surface area contributed by atoms with Crippen molar-refractivity contribution in [3.63, 3.8) is 0 Å². The first-order chi connectivity index (χ1) is 15.5.